The van der Waals surface area contributed by atoms with Gasteiger partial charge in [0.15, 0.2) is 11.5 Å². The van der Waals surface area contributed by atoms with Gasteiger partial charge in [0, 0.05) is 25.0 Å². The van der Waals surface area contributed by atoms with Crippen molar-refractivity contribution in [3.05, 3.63) is 23.3 Å². The number of nitrogens with one attached hydrogen (secondary N) is 1. The zero-order chi connectivity index (χ0) is 12.4. The zero-order valence-electron chi connectivity index (χ0n) is 10.6. The van der Waals surface area contributed by atoms with Gasteiger partial charge in [-0.05, 0) is 30.2 Å². The lowest BCUT2D eigenvalue weighted by Gasteiger charge is -2.33. The molecule has 0 saturated carbocycles. The second kappa shape index (κ2) is 4.94. The largest absolute Gasteiger partial charge is 0.493 e. The summed E-state index contributed by atoms with van der Waals surface area (Å²) in [5.74, 6) is 2.02. The quantitative estimate of drug-likeness (QED) is 0.825. The summed E-state index contributed by atoms with van der Waals surface area (Å²) in [6, 6.07) is 4.05. The number of aryl methyl sites for hydroxylation is 1. The molecule has 3 N–H and O–H groups in total. The summed E-state index contributed by atoms with van der Waals surface area (Å²) >= 11 is 0. The highest BCUT2D eigenvalue weighted by atomic mass is 16.5. The van der Waals surface area contributed by atoms with E-state index in [4.69, 9.17) is 15.2 Å². The molecule has 1 fully saturated rings. The summed E-state index contributed by atoms with van der Waals surface area (Å²) < 4.78 is 10.6. The fourth-order valence-corrected chi connectivity index (χ4v) is 2.17. The average Bonchev–Trinajstić information content (AvgIpc) is 2.26. The van der Waals surface area contributed by atoms with Gasteiger partial charge in [0.25, 0.3) is 0 Å². The first-order valence-electron chi connectivity index (χ1n) is 5.86. The lowest BCUT2D eigenvalue weighted by Crippen LogP contribution is -2.47. The van der Waals surface area contributed by atoms with Crippen LogP contribution >= 0.6 is 0 Å². The lowest BCUT2D eigenvalue weighted by molar-refractivity contribution is 0.293. The van der Waals surface area contributed by atoms with Crippen LogP contribution in [0.25, 0.3) is 0 Å². The van der Waals surface area contributed by atoms with Crippen molar-refractivity contribution in [2.24, 2.45) is 11.7 Å². The normalized spacial score (nSPS) is 17.4. The molecule has 1 saturated heterocycles. The van der Waals surface area contributed by atoms with Crippen LogP contribution in [0, 0.1) is 12.8 Å². The van der Waals surface area contributed by atoms with Gasteiger partial charge in [-0.2, -0.15) is 0 Å². The number of nitrogens with two attached hydrogens (primary N) is 1. The Morgan fingerprint density at radius 2 is 1.82 bits per heavy atom. The number of ether oxygens (including phenoxy) is 2. The van der Waals surface area contributed by atoms with E-state index in [0.29, 0.717) is 5.92 Å². The minimum Gasteiger partial charge on any atom is -0.493 e. The van der Waals surface area contributed by atoms with Crippen LogP contribution in [0.3, 0.4) is 0 Å². The van der Waals surface area contributed by atoms with Crippen LogP contribution in [0.4, 0.5) is 0 Å². The van der Waals surface area contributed by atoms with Crippen molar-refractivity contribution >= 4 is 0 Å². The molecule has 0 amide bonds. The highest BCUT2D eigenvalue weighted by Gasteiger charge is 2.27. The predicted octanol–water partition coefficient (Wildman–Crippen LogP) is 1.23. The molecule has 1 aromatic rings. The Hall–Kier alpha value is -1.26. The van der Waals surface area contributed by atoms with E-state index in [9.17, 15) is 0 Å². The number of benzene rings is 1. The predicted molar refractivity (Wildman–Crippen MR) is 67.6 cm³/mol. The molecule has 1 unspecified atom stereocenters. The van der Waals surface area contributed by atoms with E-state index in [2.05, 4.69) is 12.2 Å². The maximum atomic E-state index is 6.28. The van der Waals surface area contributed by atoms with Crippen molar-refractivity contribution in [1.29, 1.82) is 0 Å². The molecule has 1 aliphatic rings. The minimum absolute atomic E-state index is 0.0658. The van der Waals surface area contributed by atoms with Crippen LogP contribution < -0.4 is 20.5 Å². The van der Waals surface area contributed by atoms with E-state index in [1.807, 2.05) is 12.1 Å². The van der Waals surface area contributed by atoms with Crippen molar-refractivity contribution in [1.82, 2.24) is 5.32 Å². The second-order valence-corrected chi connectivity index (χ2v) is 4.51. The molecule has 0 bridgehead atoms. The van der Waals surface area contributed by atoms with Gasteiger partial charge in [-0.15, -0.1) is 0 Å². The number of hydrogen-bond donors (Lipinski definition) is 2. The Morgan fingerprint density at radius 1 is 1.24 bits per heavy atom. The molecule has 4 heteroatoms. The molecule has 1 aliphatic heterocycles. The summed E-state index contributed by atoms with van der Waals surface area (Å²) in [4.78, 5) is 0. The number of hydrogen-bond acceptors (Lipinski definition) is 4. The SMILES string of the molecule is COc1cc(C)c(C(N)C2CNC2)cc1OC. The van der Waals surface area contributed by atoms with Gasteiger partial charge in [0.05, 0.1) is 14.2 Å². The molecule has 1 heterocycles. The molecule has 4 nitrogen and oxygen atoms in total. The Bertz CT molecular complexity index is 403. The first-order chi connectivity index (χ1) is 8.17. The first kappa shape index (κ1) is 12.2. The fraction of sp³-hybridized carbons (Fsp3) is 0.538. The number of methoxy groups -OCH3 is 2. The first-order valence-corrected chi connectivity index (χ1v) is 5.86. The smallest absolute Gasteiger partial charge is 0.161 e. The monoisotopic (exact) mass is 236 g/mol. The van der Waals surface area contributed by atoms with Gasteiger partial charge < -0.3 is 20.5 Å². The van der Waals surface area contributed by atoms with Crippen LogP contribution in [0.2, 0.25) is 0 Å². The van der Waals surface area contributed by atoms with E-state index in [1.54, 1.807) is 14.2 Å². The van der Waals surface area contributed by atoms with E-state index >= 15 is 0 Å². The molecule has 1 atom stereocenters. The van der Waals surface area contributed by atoms with Gasteiger partial charge in [0.2, 0.25) is 0 Å². The van der Waals surface area contributed by atoms with Gasteiger partial charge in [-0.1, -0.05) is 0 Å². The van der Waals surface area contributed by atoms with Gasteiger partial charge >= 0.3 is 0 Å². The maximum absolute atomic E-state index is 6.28. The van der Waals surface area contributed by atoms with Crippen molar-refractivity contribution in [2.75, 3.05) is 27.3 Å². The van der Waals surface area contributed by atoms with Crippen LogP contribution in [0.5, 0.6) is 11.5 Å². The Balaban J connectivity index is 2.32. The Morgan fingerprint density at radius 3 is 2.29 bits per heavy atom. The second-order valence-electron chi connectivity index (χ2n) is 4.51. The summed E-state index contributed by atoms with van der Waals surface area (Å²) in [6.45, 7) is 4.05. The Kier molecular flexibility index (Phi) is 3.54. The molecule has 1 aromatic carbocycles. The van der Waals surface area contributed by atoms with E-state index in [-0.39, 0.29) is 6.04 Å². The third kappa shape index (κ3) is 2.23. The van der Waals surface area contributed by atoms with Gasteiger partial charge in [-0.25, -0.2) is 0 Å². The third-order valence-electron chi connectivity index (χ3n) is 3.45. The molecule has 17 heavy (non-hydrogen) atoms. The van der Waals surface area contributed by atoms with Crippen molar-refractivity contribution in [3.8, 4) is 11.5 Å². The summed E-state index contributed by atoms with van der Waals surface area (Å²) in [6.07, 6.45) is 0. The third-order valence-corrected chi connectivity index (χ3v) is 3.45. The number of rotatable bonds is 4. The standard InChI is InChI=1S/C13H20N2O2/c1-8-4-11(16-2)12(17-3)5-10(8)13(14)9-6-15-7-9/h4-5,9,13,15H,6-7,14H2,1-3H3. The molecule has 2 rings (SSSR count). The van der Waals surface area contributed by atoms with E-state index in [1.165, 1.54) is 0 Å². The highest BCUT2D eigenvalue weighted by Crippen LogP contribution is 2.34. The maximum Gasteiger partial charge on any atom is 0.161 e. The topological polar surface area (TPSA) is 56.5 Å². The van der Waals surface area contributed by atoms with Gasteiger partial charge in [0.1, 0.15) is 0 Å². The molecule has 0 radical (unpaired) electrons. The molecule has 0 aromatic heterocycles. The molecule has 94 valence electrons. The summed E-state index contributed by atoms with van der Waals surface area (Å²) in [5.41, 5.74) is 8.58. The molecule has 0 spiro atoms. The van der Waals surface area contributed by atoms with Crippen LogP contribution in [-0.2, 0) is 0 Å². The molecular weight excluding hydrogens is 216 g/mol. The summed E-state index contributed by atoms with van der Waals surface area (Å²) in [7, 11) is 3.29. The van der Waals surface area contributed by atoms with Crippen LogP contribution in [0.1, 0.15) is 17.2 Å². The fourth-order valence-electron chi connectivity index (χ4n) is 2.17. The zero-order valence-corrected chi connectivity index (χ0v) is 10.6. The lowest BCUT2D eigenvalue weighted by atomic mass is 9.87. The van der Waals surface area contributed by atoms with Crippen molar-refractivity contribution < 1.29 is 9.47 Å². The highest BCUT2D eigenvalue weighted by molar-refractivity contribution is 5.48. The van der Waals surface area contributed by atoms with Gasteiger partial charge in [-0.3, -0.25) is 0 Å². The molecule has 0 aliphatic carbocycles. The average molecular weight is 236 g/mol. The van der Waals surface area contributed by atoms with Crippen molar-refractivity contribution in [2.45, 2.75) is 13.0 Å². The molecular formula is C13H20N2O2. The Labute approximate surface area is 102 Å². The minimum atomic E-state index is 0.0658. The summed E-state index contributed by atoms with van der Waals surface area (Å²) in [5, 5.41) is 3.25. The van der Waals surface area contributed by atoms with E-state index in [0.717, 1.165) is 35.7 Å². The van der Waals surface area contributed by atoms with Crippen LogP contribution in [0.15, 0.2) is 12.1 Å². The van der Waals surface area contributed by atoms with Crippen LogP contribution in [-0.4, -0.2) is 27.3 Å². The van der Waals surface area contributed by atoms with E-state index < -0.39 is 0 Å². The van der Waals surface area contributed by atoms with Crippen molar-refractivity contribution in [3.63, 3.8) is 0 Å².